The number of rotatable bonds is 4. The van der Waals surface area contributed by atoms with Crippen molar-refractivity contribution in [1.29, 1.82) is 0 Å². The molecule has 1 saturated heterocycles. The number of piperidine rings is 1. The van der Waals surface area contributed by atoms with E-state index < -0.39 is 0 Å². The molecular weight excluding hydrogens is 279 g/mol. The maximum Gasteiger partial charge on any atom is 0.0408 e. The van der Waals surface area contributed by atoms with Gasteiger partial charge < -0.3 is 10.6 Å². The Balaban J connectivity index is 0.00000180. The zero-order chi connectivity index (χ0) is 13.0. The second-order valence-corrected chi connectivity index (χ2v) is 5.90. The summed E-state index contributed by atoms with van der Waals surface area (Å²) in [5.74, 6) is 1.21. The van der Waals surface area contributed by atoms with Crippen molar-refractivity contribution in [2.75, 3.05) is 26.2 Å². The summed E-state index contributed by atoms with van der Waals surface area (Å²) < 4.78 is 0. The van der Waals surface area contributed by atoms with Gasteiger partial charge in [0.25, 0.3) is 0 Å². The summed E-state index contributed by atoms with van der Waals surface area (Å²) in [5, 5.41) is 0.831. The summed E-state index contributed by atoms with van der Waals surface area (Å²) in [7, 11) is 0. The first kappa shape index (κ1) is 16.8. The summed E-state index contributed by atoms with van der Waals surface area (Å²) in [4.78, 5) is 2.55. The minimum absolute atomic E-state index is 0. The fourth-order valence-corrected chi connectivity index (χ4v) is 3.01. The molecule has 2 atom stereocenters. The van der Waals surface area contributed by atoms with Crippen LogP contribution in [0.4, 0.5) is 0 Å². The molecule has 0 aromatic heterocycles. The van der Waals surface area contributed by atoms with Crippen molar-refractivity contribution in [3.05, 3.63) is 34.9 Å². The summed E-state index contributed by atoms with van der Waals surface area (Å²) in [6.07, 6.45) is 2.57. The topological polar surface area (TPSA) is 29.3 Å². The van der Waals surface area contributed by atoms with E-state index in [1.54, 1.807) is 0 Å². The van der Waals surface area contributed by atoms with Crippen molar-refractivity contribution in [2.24, 2.45) is 11.7 Å². The molecule has 0 bridgehead atoms. The minimum Gasteiger partial charge on any atom is -0.330 e. The zero-order valence-electron chi connectivity index (χ0n) is 11.5. The van der Waals surface area contributed by atoms with Crippen LogP contribution in [0, 0.1) is 5.92 Å². The van der Waals surface area contributed by atoms with Gasteiger partial charge in [-0.2, -0.15) is 0 Å². The Morgan fingerprint density at radius 3 is 2.95 bits per heavy atom. The number of nitrogens with zero attached hydrogens (tertiary/aromatic N) is 1. The molecule has 1 aliphatic rings. The van der Waals surface area contributed by atoms with Crippen LogP contribution in [0.15, 0.2) is 24.3 Å². The highest BCUT2D eigenvalue weighted by Crippen LogP contribution is 2.23. The van der Waals surface area contributed by atoms with E-state index in [2.05, 4.69) is 24.0 Å². The maximum atomic E-state index is 6.05. The molecule has 2 unspecified atom stereocenters. The lowest BCUT2D eigenvalue weighted by Gasteiger charge is -2.33. The van der Waals surface area contributed by atoms with Crippen LogP contribution < -0.4 is 5.73 Å². The molecule has 0 saturated carbocycles. The molecular formula is C15H24Cl2N2. The first-order valence-electron chi connectivity index (χ1n) is 6.87. The first-order valence-corrected chi connectivity index (χ1v) is 7.24. The molecule has 0 spiro atoms. The second-order valence-electron chi connectivity index (χ2n) is 5.46. The molecule has 0 amide bonds. The lowest BCUT2D eigenvalue weighted by atomic mass is 9.95. The molecule has 2 nitrogen and oxygen atoms in total. The SMILES string of the molecule is CC(CN1CCCC(CN)C1)c1cccc(Cl)c1.Cl. The highest BCUT2D eigenvalue weighted by Gasteiger charge is 2.20. The van der Waals surface area contributed by atoms with Crippen LogP contribution in [0.3, 0.4) is 0 Å². The van der Waals surface area contributed by atoms with Gasteiger partial charge in [-0.25, -0.2) is 0 Å². The zero-order valence-corrected chi connectivity index (χ0v) is 13.1. The molecule has 1 aromatic carbocycles. The van der Waals surface area contributed by atoms with Crippen LogP contribution in [0.25, 0.3) is 0 Å². The van der Waals surface area contributed by atoms with Gasteiger partial charge in [0, 0.05) is 18.1 Å². The van der Waals surface area contributed by atoms with Gasteiger partial charge in [0.15, 0.2) is 0 Å². The van der Waals surface area contributed by atoms with Crippen LogP contribution in [-0.2, 0) is 0 Å². The van der Waals surface area contributed by atoms with Crippen LogP contribution in [0.2, 0.25) is 5.02 Å². The van der Waals surface area contributed by atoms with E-state index in [9.17, 15) is 0 Å². The smallest absolute Gasteiger partial charge is 0.0408 e. The van der Waals surface area contributed by atoms with Crippen molar-refractivity contribution >= 4 is 24.0 Å². The van der Waals surface area contributed by atoms with Crippen molar-refractivity contribution < 1.29 is 0 Å². The third-order valence-electron chi connectivity index (χ3n) is 3.89. The highest BCUT2D eigenvalue weighted by molar-refractivity contribution is 6.30. The van der Waals surface area contributed by atoms with E-state index in [0.29, 0.717) is 11.8 Å². The summed E-state index contributed by atoms with van der Waals surface area (Å²) in [6.45, 7) is 6.57. The lowest BCUT2D eigenvalue weighted by Crippen LogP contribution is -2.40. The van der Waals surface area contributed by atoms with E-state index in [1.165, 1.54) is 24.9 Å². The Morgan fingerprint density at radius 2 is 2.26 bits per heavy atom. The number of benzene rings is 1. The maximum absolute atomic E-state index is 6.05. The first-order chi connectivity index (χ1) is 8.69. The number of likely N-dealkylation sites (tertiary alicyclic amines) is 1. The Labute approximate surface area is 127 Å². The van der Waals surface area contributed by atoms with Gasteiger partial charge in [-0.1, -0.05) is 30.7 Å². The van der Waals surface area contributed by atoms with Crippen LogP contribution in [-0.4, -0.2) is 31.1 Å². The molecule has 4 heteroatoms. The molecule has 1 aliphatic heterocycles. The minimum atomic E-state index is 0. The van der Waals surface area contributed by atoms with Gasteiger partial charge in [-0.15, -0.1) is 12.4 Å². The molecule has 0 radical (unpaired) electrons. The third-order valence-corrected chi connectivity index (χ3v) is 4.12. The van der Waals surface area contributed by atoms with Gasteiger partial charge >= 0.3 is 0 Å². The second kappa shape index (κ2) is 8.11. The predicted octanol–water partition coefficient (Wildman–Crippen LogP) is 3.54. The van der Waals surface area contributed by atoms with Gasteiger partial charge in [0.2, 0.25) is 0 Å². The molecule has 1 fully saturated rings. The Bertz CT molecular complexity index is 384. The van der Waals surface area contributed by atoms with Gasteiger partial charge in [0.1, 0.15) is 0 Å². The van der Waals surface area contributed by atoms with E-state index in [0.717, 1.165) is 24.7 Å². The van der Waals surface area contributed by atoms with Gasteiger partial charge in [-0.3, -0.25) is 0 Å². The Morgan fingerprint density at radius 1 is 1.47 bits per heavy atom. The average Bonchev–Trinajstić information content (AvgIpc) is 2.39. The molecule has 1 aromatic rings. The van der Waals surface area contributed by atoms with E-state index in [1.807, 2.05) is 12.1 Å². The van der Waals surface area contributed by atoms with E-state index in [4.69, 9.17) is 17.3 Å². The fourth-order valence-electron chi connectivity index (χ4n) is 2.82. The van der Waals surface area contributed by atoms with Crippen LogP contribution in [0.1, 0.15) is 31.2 Å². The normalized spacial score (nSPS) is 21.7. The number of hydrogen-bond donors (Lipinski definition) is 1. The largest absolute Gasteiger partial charge is 0.330 e. The van der Waals surface area contributed by atoms with Crippen molar-refractivity contribution in [3.8, 4) is 0 Å². The average molecular weight is 303 g/mol. The van der Waals surface area contributed by atoms with Gasteiger partial charge in [0.05, 0.1) is 0 Å². The van der Waals surface area contributed by atoms with Gasteiger partial charge in [-0.05, 0) is 55.5 Å². The summed E-state index contributed by atoms with van der Waals surface area (Å²) in [5.41, 5.74) is 7.11. The van der Waals surface area contributed by atoms with Crippen molar-refractivity contribution in [3.63, 3.8) is 0 Å². The van der Waals surface area contributed by atoms with Crippen molar-refractivity contribution in [2.45, 2.75) is 25.7 Å². The van der Waals surface area contributed by atoms with E-state index >= 15 is 0 Å². The fraction of sp³-hybridized carbons (Fsp3) is 0.600. The molecule has 108 valence electrons. The Hall–Kier alpha value is -0.280. The van der Waals surface area contributed by atoms with Crippen LogP contribution >= 0.6 is 24.0 Å². The number of hydrogen-bond acceptors (Lipinski definition) is 2. The molecule has 2 rings (SSSR count). The van der Waals surface area contributed by atoms with E-state index in [-0.39, 0.29) is 12.4 Å². The molecule has 0 aliphatic carbocycles. The third kappa shape index (κ3) is 4.96. The number of nitrogens with two attached hydrogens (primary N) is 1. The Kier molecular flexibility index (Phi) is 7.16. The standard InChI is InChI=1S/C15H23ClN2.ClH/c1-12(14-5-2-6-15(16)8-14)10-18-7-3-4-13(9-17)11-18;/h2,5-6,8,12-13H,3-4,7,9-11,17H2,1H3;1H. The highest BCUT2D eigenvalue weighted by atomic mass is 35.5. The molecule has 19 heavy (non-hydrogen) atoms. The summed E-state index contributed by atoms with van der Waals surface area (Å²) >= 11 is 6.05. The predicted molar refractivity (Wildman–Crippen MR) is 85.3 cm³/mol. The number of halogens is 2. The lowest BCUT2D eigenvalue weighted by molar-refractivity contribution is 0.171. The molecule has 2 N–H and O–H groups in total. The quantitative estimate of drug-likeness (QED) is 0.922. The van der Waals surface area contributed by atoms with Crippen LogP contribution in [0.5, 0.6) is 0 Å². The monoisotopic (exact) mass is 302 g/mol. The summed E-state index contributed by atoms with van der Waals surface area (Å²) in [6, 6.07) is 8.22. The van der Waals surface area contributed by atoms with Crippen molar-refractivity contribution in [1.82, 2.24) is 4.90 Å². The molecule has 1 heterocycles.